The molecule has 1 heterocycles. The van der Waals surface area contributed by atoms with Crippen molar-refractivity contribution < 1.29 is 9.90 Å². The summed E-state index contributed by atoms with van der Waals surface area (Å²) in [7, 11) is 0. The van der Waals surface area contributed by atoms with Gasteiger partial charge in [-0.25, -0.2) is 0 Å². The van der Waals surface area contributed by atoms with Crippen LogP contribution in [0.5, 0.6) is 0 Å². The van der Waals surface area contributed by atoms with Gasteiger partial charge in [-0.2, -0.15) is 5.10 Å². The normalized spacial score (nSPS) is 9.70. The van der Waals surface area contributed by atoms with Crippen molar-refractivity contribution in [2.24, 2.45) is 0 Å². The third-order valence-electron chi connectivity index (χ3n) is 0.984. The van der Waals surface area contributed by atoms with Crippen molar-refractivity contribution in [1.29, 1.82) is 0 Å². The third kappa shape index (κ3) is 1.27. The fraction of sp³-hybridized carbons (Fsp3) is 0.200. The zero-order valence-electron chi connectivity index (χ0n) is 4.93. The summed E-state index contributed by atoms with van der Waals surface area (Å²) in [6.07, 6.45) is 0. The van der Waals surface area contributed by atoms with E-state index in [1.807, 2.05) is 0 Å². The number of nitrogens with one attached hydrogen (secondary N) is 1. The molecule has 0 atom stereocenters. The van der Waals surface area contributed by atoms with Gasteiger partial charge in [-0.05, 0) is 6.07 Å². The summed E-state index contributed by atoms with van der Waals surface area (Å²) in [6.45, 7) is 0. The standard InChI is InChI=1S/C5H5ClN2O2/c6-2-3-1-4(5(9)10)8-7-3/h1H,2H2,(H,7,8)(H,9,10)/p-1. The molecule has 54 valence electrons. The topological polar surface area (TPSA) is 68.8 Å². The molecule has 1 aromatic rings. The van der Waals surface area contributed by atoms with E-state index in [1.165, 1.54) is 6.07 Å². The van der Waals surface area contributed by atoms with E-state index in [-0.39, 0.29) is 11.6 Å². The van der Waals surface area contributed by atoms with E-state index in [4.69, 9.17) is 11.6 Å². The number of nitrogens with zero attached hydrogens (tertiary/aromatic N) is 1. The average molecular weight is 160 g/mol. The zero-order chi connectivity index (χ0) is 7.56. The molecule has 0 aliphatic heterocycles. The summed E-state index contributed by atoms with van der Waals surface area (Å²) >= 11 is 5.36. The van der Waals surface area contributed by atoms with Crippen LogP contribution in [0.4, 0.5) is 0 Å². The SMILES string of the molecule is O=C([O-])c1cc(CCl)[nH]n1. The van der Waals surface area contributed by atoms with E-state index in [2.05, 4.69) is 10.2 Å². The van der Waals surface area contributed by atoms with Gasteiger partial charge < -0.3 is 9.90 Å². The zero-order valence-corrected chi connectivity index (χ0v) is 5.68. The van der Waals surface area contributed by atoms with Crippen molar-refractivity contribution in [1.82, 2.24) is 10.2 Å². The Balaban J connectivity index is 2.88. The van der Waals surface area contributed by atoms with Crippen LogP contribution >= 0.6 is 11.6 Å². The van der Waals surface area contributed by atoms with Gasteiger partial charge in [0.15, 0.2) is 0 Å². The molecule has 4 nitrogen and oxygen atoms in total. The molecule has 0 aromatic carbocycles. The second kappa shape index (κ2) is 2.70. The van der Waals surface area contributed by atoms with E-state index in [0.29, 0.717) is 5.69 Å². The summed E-state index contributed by atoms with van der Waals surface area (Å²) < 4.78 is 0. The van der Waals surface area contributed by atoms with Gasteiger partial charge in [0.25, 0.3) is 0 Å². The predicted molar refractivity (Wildman–Crippen MR) is 32.5 cm³/mol. The molecule has 1 N–H and O–H groups in total. The quantitative estimate of drug-likeness (QED) is 0.593. The van der Waals surface area contributed by atoms with Gasteiger partial charge >= 0.3 is 0 Å². The molecule has 0 unspecified atom stereocenters. The monoisotopic (exact) mass is 159 g/mol. The fourth-order valence-corrected chi connectivity index (χ4v) is 0.672. The minimum Gasteiger partial charge on any atom is -0.543 e. The second-order valence-corrected chi connectivity index (χ2v) is 1.97. The van der Waals surface area contributed by atoms with E-state index in [1.54, 1.807) is 0 Å². The number of halogens is 1. The highest BCUT2D eigenvalue weighted by molar-refractivity contribution is 6.16. The summed E-state index contributed by atoms with van der Waals surface area (Å²) in [5.41, 5.74) is 0.455. The number of carbonyl (C=O) groups excluding carboxylic acids is 1. The number of aromatic carboxylic acids is 1. The number of carboxylic acid groups (broad SMARTS) is 1. The van der Waals surface area contributed by atoms with Crippen LogP contribution in [0.3, 0.4) is 0 Å². The maximum atomic E-state index is 10.1. The molecular formula is C5H4ClN2O2-. The first-order chi connectivity index (χ1) is 4.74. The van der Waals surface area contributed by atoms with Gasteiger partial charge in [-0.1, -0.05) is 0 Å². The first-order valence-electron chi connectivity index (χ1n) is 2.55. The molecular weight excluding hydrogens is 156 g/mol. The van der Waals surface area contributed by atoms with Crippen molar-refractivity contribution in [2.75, 3.05) is 0 Å². The molecule has 0 radical (unpaired) electrons. The van der Waals surface area contributed by atoms with Gasteiger partial charge in [0.2, 0.25) is 0 Å². The number of carboxylic acids is 1. The van der Waals surface area contributed by atoms with Gasteiger partial charge in [0.05, 0.1) is 17.5 Å². The lowest BCUT2D eigenvalue weighted by Crippen LogP contribution is -2.22. The molecule has 0 amide bonds. The number of aromatic nitrogens is 2. The summed E-state index contributed by atoms with van der Waals surface area (Å²) in [5, 5.41) is 15.9. The lowest BCUT2D eigenvalue weighted by atomic mass is 10.4. The Morgan fingerprint density at radius 1 is 1.90 bits per heavy atom. The van der Waals surface area contributed by atoms with Crippen LogP contribution in [0.25, 0.3) is 0 Å². The van der Waals surface area contributed by atoms with E-state index < -0.39 is 5.97 Å². The Morgan fingerprint density at radius 3 is 2.90 bits per heavy atom. The minimum atomic E-state index is -1.30. The molecule has 1 aromatic heterocycles. The van der Waals surface area contributed by atoms with Crippen LogP contribution < -0.4 is 5.11 Å². The molecule has 10 heavy (non-hydrogen) atoms. The summed E-state index contributed by atoms with van der Waals surface area (Å²) in [5.74, 6) is -1.08. The fourth-order valence-electron chi connectivity index (χ4n) is 0.535. The Morgan fingerprint density at radius 2 is 2.60 bits per heavy atom. The highest BCUT2D eigenvalue weighted by Crippen LogP contribution is 2.00. The van der Waals surface area contributed by atoms with Gasteiger partial charge in [-0.15, -0.1) is 11.6 Å². The van der Waals surface area contributed by atoms with Crippen molar-refractivity contribution in [2.45, 2.75) is 5.88 Å². The van der Waals surface area contributed by atoms with E-state index >= 15 is 0 Å². The summed E-state index contributed by atoms with van der Waals surface area (Å²) in [4.78, 5) is 10.1. The van der Waals surface area contributed by atoms with Gasteiger partial charge in [0, 0.05) is 0 Å². The van der Waals surface area contributed by atoms with Crippen molar-refractivity contribution in [3.05, 3.63) is 17.5 Å². The van der Waals surface area contributed by atoms with Gasteiger partial charge in [-0.3, -0.25) is 5.10 Å². The van der Waals surface area contributed by atoms with Crippen LogP contribution in [0, 0.1) is 0 Å². The average Bonchev–Trinajstić information content (AvgIpc) is 2.34. The second-order valence-electron chi connectivity index (χ2n) is 1.70. The smallest absolute Gasteiger partial charge is 0.108 e. The molecule has 0 aliphatic carbocycles. The molecule has 0 aliphatic rings. The van der Waals surface area contributed by atoms with E-state index in [0.717, 1.165) is 0 Å². The Kier molecular flexibility index (Phi) is 1.91. The molecule has 1 rings (SSSR count). The number of carbonyl (C=O) groups is 1. The maximum Gasteiger partial charge on any atom is 0.108 e. The predicted octanol–water partition coefficient (Wildman–Crippen LogP) is -0.488. The Hall–Kier alpha value is -1.03. The highest BCUT2D eigenvalue weighted by Gasteiger charge is 1.98. The van der Waals surface area contributed by atoms with Gasteiger partial charge in [0.1, 0.15) is 5.69 Å². The number of H-pyrrole nitrogens is 1. The first-order valence-corrected chi connectivity index (χ1v) is 3.09. The number of rotatable bonds is 2. The number of hydrogen-bond acceptors (Lipinski definition) is 3. The summed E-state index contributed by atoms with van der Waals surface area (Å²) in [6, 6.07) is 1.34. The molecule has 0 saturated carbocycles. The third-order valence-corrected chi connectivity index (χ3v) is 1.27. The number of alkyl halides is 1. The molecule has 0 spiro atoms. The highest BCUT2D eigenvalue weighted by atomic mass is 35.5. The van der Waals surface area contributed by atoms with Crippen LogP contribution in [-0.4, -0.2) is 16.2 Å². The number of aromatic amines is 1. The Bertz CT molecular complexity index is 246. The number of hydrogen-bond donors (Lipinski definition) is 1. The van der Waals surface area contributed by atoms with Crippen LogP contribution in [0.15, 0.2) is 6.07 Å². The molecule has 5 heteroatoms. The largest absolute Gasteiger partial charge is 0.543 e. The van der Waals surface area contributed by atoms with E-state index in [9.17, 15) is 9.90 Å². The lowest BCUT2D eigenvalue weighted by Gasteiger charge is -1.90. The van der Waals surface area contributed by atoms with Crippen molar-refractivity contribution in [3.8, 4) is 0 Å². The van der Waals surface area contributed by atoms with Crippen LogP contribution in [0.2, 0.25) is 0 Å². The minimum absolute atomic E-state index is 0.115. The molecule has 0 saturated heterocycles. The molecule has 0 bridgehead atoms. The van der Waals surface area contributed by atoms with Crippen LogP contribution in [0.1, 0.15) is 16.2 Å². The molecule has 0 fully saturated rings. The van der Waals surface area contributed by atoms with Crippen molar-refractivity contribution >= 4 is 17.6 Å². The van der Waals surface area contributed by atoms with Crippen LogP contribution in [-0.2, 0) is 5.88 Å². The lowest BCUT2D eigenvalue weighted by molar-refractivity contribution is -0.255. The maximum absolute atomic E-state index is 10.1. The Labute approximate surface area is 61.8 Å². The first kappa shape index (κ1) is 7.08. The van der Waals surface area contributed by atoms with Crippen molar-refractivity contribution in [3.63, 3.8) is 0 Å².